The summed E-state index contributed by atoms with van der Waals surface area (Å²) in [6.07, 6.45) is 4.50. The van der Waals surface area contributed by atoms with Crippen molar-refractivity contribution in [3.8, 4) is 5.75 Å². The molecule has 1 aliphatic heterocycles. The lowest BCUT2D eigenvalue weighted by molar-refractivity contribution is -0.136. The zero-order chi connectivity index (χ0) is 19.5. The summed E-state index contributed by atoms with van der Waals surface area (Å²) in [5.74, 6) is 0.412. The molecule has 1 aromatic carbocycles. The lowest BCUT2D eigenvalue weighted by Crippen LogP contribution is -2.40. The van der Waals surface area contributed by atoms with E-state index >= 15 is 0 Å². The van der Waals surface area contributed by atoms with Crippen molar-refractivity contribution in [2.24, 2.45) is 0 Å². The van der Waals surface area contributed by atoms with Crippen LogP contribution in [0.15, 0.2) is 24.3 Å². The SMILES string of the molecule is CCCCCC(=O)NC(C)Cc1ccc(OC(=O)CN2CCOCC2)cc1. The number of nitrogens with one attached hydrogen (secondary N) is 1. The van der Waals surface area contributed by atoms with Crippen LogP contribution in [0, 0.1) is 0 Å². The number of nitrogens with zero attached hydrogens (tertiary/aromatic N) is 1. The maximum atomic E-state index is 12.0. The quantitative estimate of drug-likeness (QED) is 0.386. The van der Waals surface area contributed by atoms with Crippen LogP contribution in [0.2, 0.25) is 0 Å². The molecule has 1 unspecified atom stereocenters. The van der Waals surface area contributed by atoms with Crippen molar-refractivity contribution < 1.29 is 19.1 Å². The minimum absolute atomic E-state index is 0.0776. The van der Waals surface area contributed by atoms with Crippen molar-refractivity contribution in [2.75, 3.05) is 32.8 Å². The fourth-order valence-corrected chi connectivity index (χ4v) is 3.09. The summed E-state index contributed by atoms with van der Waals surface area (Å²) >= 11 is 0. The van der Waals surface area contributed by atoms with Gasteiger partial charge in [0.05, 0.1) is 19.8 Å². The third-order valence-electron chi connectivity index (χ3n) is 4.57. The lowest BCUT2D eigenvalue weighted by Gasteiger charge is -2.25. The molecule has 1 fully saturated rings. The number of carbonyl (C=O) groups excluding carboxylic acids is 2. The van der Waals surface area contributed by atoms with Gasteiger partial charge >= 0.3 is 5.97 Å². The largest absolute Gasteiger partial charge is 0.426 e. The van der Waals surface area contributed by atoms with Crippen molar-refractivity contribution in [3.63, 3.8) is 0 Å². The Kier molecular flexibility index (Phi) is 9.28. The van der Waals surface area contributed by atoms with Gasteiger partial charge in [0.1, 0.15) is 5.75 Å². The molecule has 1 N–H and O–H groups in total. The van der Waals surface area contributed by atoms with Crippen molar-refractivity contribution in [1.29, 1.82) is 0 Å². The Bertz CT molecular complexity index is 582. The number of ether oxygens (including phenoxy) is 2. The molecule has 1 amide bonds. The van der Waals surface area contributed by atoms with Gasteiger partial charge in [-0.3, -0.25) is 14.5 Å². The van der Waals surface area contributed by atoms with Crippen LogP contribution in [0.1, 0.15) is 45.1 Å². The second-order valence-electron chi connectivity index (χ2n) is 7.14. The van der Waals surface area contributed by atoms with Gasteiger partial charge in [0, 0.05) is 25.6 Å². The predicted octanol–water partition coefficient (Wildman–Crippen LogP) is 2.55. The number of esters is 1. The van der Waals surface area contributed by atoms with Gasteiger partial charge < -0.3 is 14.8 Å². The highest BCUT2D eigenvalue weighted by Crippen LogP contribution is 2.14. The molecule has 1 heterocycles. The molecule has 0 aliphatic carbocycles. The van der Waals surface area contributed by atoms with Crippen LogP contribution in [0.25, 0.3) is 0 Å². The van der Waals surface area contributed by atoms with Crippen LogP contribution in [0.4, 0.5) is 0 Å². The van der Waals surface area contributed by atoms with Crippen LogP contribution in [0.5, 0.6) is 5.75 Å². The molecular weight excluding hydrogens is 344 g/mol. The molecule has 27 heavy (non-hydrogen) atoms. The van der Waals surface area contributed by atoms with Crippen LogP contribution >= 0.6 is 0 Å². The van der Waals surface area contributed by atoms with E-state index in [1.165, 1.54) is 0 Å². The van der Waals surface area contributed by atoms with E-state index in [1.54, 1.807) is 0 Å². The molecule has 6 nitrogen and oxygen atoms in total. The third-order valence-corrected chi connectivity index (χ3v) is 4.57. The molecule has 0 saturated carbocycles. The van der Waals surface area contributed by atoms with E-state index in [4.69, 9.17) is 9.47 Å². The highest BCUT2D eigenvalue weighted by Gasteiger charge is 2.15. The van der Waals surface area contributed by atoms with E-state index in [0.717, 1.165) is 44.3 Å². The van der Waals surface area contributed by atoms with Gasteiger partial charge in [-0.2, -0.15) is 0 Å². The number of hydrogen-bond acceptors (Lipinski definition) is 5. The molecule has 2 rings (SSSR count). The average Bonchev–Trinajstić information content (AvgIpc) is 2.64. The van der Waals surface area contributed by atoms with Crippen molar-refractivity contribution in [3.05, 3.63) is 29.8 Å². The minimum atomic E-state index is -0.252. The molecule has 0 spiro atoms. The molecule has 1 saturated heterocycles. The summed E-state index contributed by atoms with van der Waals surface area (Å²) in [6.45, 7) is 7.26. The number of amides is 1. The van der Waals surface area contributed by atoms with E-state index < -0.39 is 0 Å². The van der Waals surface area contributed by atoms with Gasteiger partial charge in [0.25, 0.3) is 0 Å². The predicted molar refractivity (Wildman–Crippen MR) is 105 cm³/mol. The van der Waals surface area contributed by atoms with Crippen LogP contribution in [-0.4, -0.2) is 55.7 Å². The van der Waals surface area contributed by atoms with E-state index in [9.17, 15) is 9.59 Å². The first-order valence-corrected chi connectivity index (χ1v) is 9.96. The number of rotatable bonds is 10. The average molecular weight is 376 g/mol. The smallest absolute Gasteiger partial charge is 0.325 e. The van der Waals surface area contributed by atoms with Gasteiger partial charge in [-0.25, -0.2) is 0 Å². The number of benzene rings is 1. The first-order valence-electron chi connectivity index (χ1n) is 9.96. The van der Waals surface area contributed by atoms with Crippen LogP contribution in [-0.2, 0) is 20.7 Å². The van der Waals surface area contributed by atoms with Crippen molar-refractivity contribution >= 4 is 11.9 Å². The molecule has 0 aromatic heterocycles. The van der Waals surface area contributed by atoms with E-state index in [0.29, 0.717) is 25.4 Å². The first kappa shape index (κ1) is 21.4. The Hall–Kier alpha value is -1.92. The van der Waals surface area contributed by atoms with Gasteiger partial charge in [0.15, 0.2) is 0 Å². The summed E-state index contributed by atoms with van der Waals surface area (Å²) in [5, 5.41) is 3.04. The van der Waals surface area contributed by atoms with E-state index in [-0.39, 0.29) is 24.5 Å². The first-order chi connectivity index (χ1) is 13.1. The molecule has 1 aromatic rings. The summed E-state index contributed by atoms with van der Waals surface area (Å²) in [5.41, 5.74) is 1.10. The summed E-state index contributed by atoms with van der Waals surface area (Å²) in [4.78, 5) is 25.9. The standard InChI is InChI=1S/C21H32N2O4/c1-3-4-5-6-20(24)22-17(2)15-18-7-9-19(10-8-18)27-21(25)16-23-11-13-26-14-12-23/h7-10,17H,3-6,11-16H2,1-2H3,(H,22,24). The summed E-state index contributed by atoms with van der Waals surface area (Å²) in [7, 11) is 0. The highest BCUT2D eigenvalue weighted by molar-refractivity contribution is 5.76. The minimum Gasteiger partial charge on any atom is -0.426 e. The highest BCUT2D eigenvalue weighted by atomic mass is 16.5. The Morgan fingerprint density at radius 1 is 1.19 bits per heavy atom. The number of carbonyl (C=O) groups is 2. The van der Waals surface area contributed by atoms with Gasteiger partial charge in [-0.1, -0.05) is 31.9 Å². The van der Waals surface area contributed by atoms with E-state index in [2.05, 4.69) is 12.2 Å². The van der Waals surface area contributed by atoms with Crippen LogP contribution < -0.4 is 10.1 Å². The van der Waals surface area contributed by atoms with Crippen molar-refractivity contribution in [2.45, 2.75) is 52.0 Å². The zero-order valence-corrected chi connectivity index (χ0v) is 16.5. The Morgan fingerprint density at radius 2 is 1.89 bits per heavy atom. The topological polar surface area (TPSA) is 67.9 Å². The Labute approximate surface area is 162 Å². The number of hydrogen-bond donors (Lipinski definition) is 1. The maximum Gasteiger partial charge on any atom is 0.325 e. The Balaban J connectivity index is 1.72. The lowest BCUT2D eigenvalue weighted by atomic mass is 10.1. The van der Waals surface area contributed by atoms with Gasteiger partial charge in [-0.15, -0.1) is 0 Å². The molecule has 0 radical (unpaired) electrons. The summed E-state index contributed by atoms with van der Waals surface area (Å²) in [6, 6.07) is 7.58. The molecule has 0 bridgehead atoms. The van der Waals surface area contributed by atoms with E-state index in [1.807, 2.05) is 36.1 Å². The molecule has 1 aliphatic rings. The second kappa shape index (κ2) is 11.7. The van der Waals surface area contributed by atoms with Gasteiger partial charge in [0.2, 0.25) is 5.91 Å². The Morgan fingerprint density at radius 3 is 2.56 bits per heavy atom. The second-order valence-corrected chi connectivity index (χ2v) is 7.14. The third kappa shape index (κ3) is 8.54. The fourth-order valence-electron chi connectivity index (χ4n) is 3.09. The maximum absolute atomic E-state index is 12.0. The molecule has 6 heteroatoms. The number of unbranched alkanes of at least 4 members (excludes halogenated alkanes) is 2. The zero-order valence-electron chi connectivity index (χ0n) is 16.5. The molecule has 1 atom stereocenters. The normalized spacial score (nSPS) is 15.9. The molecular formula is C21H32N2O4. The monoisotopic (exact) mass is 376 g/mol. The fraction of sp³-hybridized carbons (Fsp3) is 0.619. The van der Waals surface area contributed by atoms with Crippen molar-refractivity contribution in [1.82, 2.24) is 10.2 Å². The molecule has 150 valence electrons. The number of morpholine rings is 1. The van der Waals surface area contributed by atoms with Gasteiger partial charge in [-0.05, 0) is 37.5 Å². The van der Waals surface area contributed by atoms with Crippen LogP contribution in [0.3, 0.4) is 0 Å². The summed E-state index contributed by atoms with van der Waals surface area (Å²) < 4.78 is 10.7.